The fourth-order valence-corrected chi connectivity index (χ4v) is 4.84. The van der Waals surface area contributed by atoms with Crippen LogP contribution in [0.3, 0.4) is 0 Å². The molecule has 2 aromatic rings. The van der Waals surface area contributed by atoms with E-state index in [2.05, 4.69) is 19.2 Å². The average Bonchev–Trinajstić information content (AvgIpc) is 2.98. The van der Waals surface area contributed by atoms with E-state index in [9.17, 15) is 14.4 Å². The van der Waals surface area contributed by atoms with Gasteiger partial charge in [0.05, 0.1) is 19.2 Å². The predicted molar refractivity (Wildman–Crippen MR) is 175 cm³/mol. The van der Waals surface area contributed by atoms with Gasteiger partial charge in [-0.25, -0.2) is 4.79 Å². The molecule has 0 aliphatic heterocycles. The van der Waals surface area contributed by atoms with Crippen molar-refractivity contribution < 1.29 is 23.9 Å². The third-order valence-electron chi connectivity index (χ3n) is 7.40. The zero-order valence-electron chi connectivity index (χ0n) is 28.0. The molecule has 2 rings (SSSR count). The number of carbonyl (C=O) groups excluding carboxylic acids is 3. The Morgan fingerprint density at radius 1 is 0.953 bits per heavy atom. The van der Waals surface area contributed by atoms with Crippen molar-refractivity contribution in [2.75, 3.05) is 20.2 Å². The summed E-state index contributed by atoms with van der Waals surface area (Å²) in [5.41, 5.74) is 2.10. The van der Waals surface area contributed by atoms with E-state index in [1.54, 1.807) is 31.9 Å². The maximum absolute atomic E-state index is 13.3. The smallest absolute Gasteiger partial charge is 0.333 e. The van der Waals surface area contributed by atoms with Crippen LogP contribution in [-0.4, -0.2) is 48.9 Å². The summed E-state index contributed by atoms with van der Waals surface area (Å²) < 4.78 is 11.0. The van der Waals surface area contributed by atoms with Gasteiger partial charge in [-0.1, -0.05) is 103 Å². The number of nitrogens with zero attached hydrogens (tertiary/aromatic N) is 1. The molecule has 238 valence electrons. The van der Waals surface area contributed by atoms with Crippen molar-refractivity contribution in [3.8, 4) is 5.75 Å². The minimum Gasteiger partial charge on any atom is -0.489 e. The van der Waals surface area contributed by atoms with Crippen molar-refractivity contribution in [2.45, 2.75) is 93.2 Å². The molecule has 0 fully saturated rings. The Kier molecular flexibility index (Phi) is 16.4. The van der Waals surface area contributed by atoms with Gasteiger partial charge in [-0.2, -0.15) is 0 Å². The molecule has 0 aromatic heterocycles. The fraction of sp³-hybridized carbons (Fsp3) is 0.528. The SMILES string of the molecule is CCC.CCOC(=O)/C(C)=C/[C@H](C(C)C)N(C)C(=O)CNC(=O)[C@@H](CC)C(C)(C)c1ccc(OCc2ccccc2)cc1. The number of carbonyl (C=O) groups is 3. The maximum Gasteiger partial charge on any atom is 0.333 e. The van der Waals surface area contributed by atoms with E-state index in [0.717, 1.165) is 16.9 Å². The van der Waals surface area contributed by atoms with Gasteiger partial charge in [0.25, 0.3) is 0 Å². The lowest BCUT2D eigenvalue weighted by Gasteiger charge is -2.34. The molecule has 0 aliphatic carbocycles. The van der Waals surface area contributed by atoms with Gasteiger partial charge in [-0.05, 0) is 49.4 Å². The van der Waals surface area contributed by atoms with Crippen molar-refractivity contribution in [3.63, 3.8) is 0 Å². The molecule has 43 heavy (non-hydrogen) atoms. The lowest BCUT2D eigenvalue weighted by atomic mass is 9.71. The van der Waals surface area contributed by atoms with E-state index in [0.29, 0.717) is 18.6 Å². The van der Waals surface area contributed by atoms with Crippen LogP contribution in [0.15, 0.2) is 66.2 Å². The summed E-state index contributed by atoms with van der Waals surface area (Å²) >= 11 is 0. The summed E-state index contributed by atoms with van der Waals surface area (Å²) in [6.07, 6.45) is 3.62. The first-order valence-corrected chi connectivity index (χ1v) is 15.5. The van der Waals surface area contributed by atoms with E-state index in [1.807, 2.05) is 89.2 Å². The second kappa shape index (κ2) is 18.8. The van der Waals surface area contributed by atoms with Gasteiger partial charge in [0, 0.05) is 24.0 Å². The first kappa shape index (κ1) is 37.4. The maximum atomic E-state index is 13.3. The normalized spacial score (nSPS) is 12.9. The highest BCUT2D eigenvalue weighted by Gasteiger charge is 2.35. The van der Waals surface area contributed by atoms with Gasteiger partial charge >= 0.3 is 5.97 Å². The first-order valence-electron chi connectivity index (χ1n) is 15.5. The van der Waals surface area contributed by atoms with Crippen molar-refractivity contribution in [3.05, 3.63) is 77.4 Å². The van der Waals surface area contributed by atoms with E-state index in [4.69, 9.17) is 9.47 Å². The molecule has 0 saturated heterocycles. The molecule has 0 bridgehead atoms. The summed E-state index contributed by atoms with van der Waals surface area (Å²) in [6, 6.07) is 17.5. The Balaban J connectivity index is 0.00000295. The van der Waals surface area contributed by atoms with Crippen LogP contribution in [0.5, 0.6) is 5.75 Å². The highest BCUT2D eigenvalue weighted by Crippen LogP contribution is 2.35. The number of likely N-dealkylation sites (N-methyl/N-ethyl adjacent to an activating group) is 1. The number of ether oxygens (including phenoxy) is 2. The molecule has 2 aromatic carbocycles. The fourth-order valence-electron chi connectivity index (χ4n) is 4.84. The predicted octanol–water partition coefficient (Wildman–Crippen LogP) is 7.09. The zero-order chi connectivity index (χ0) is 32.6. The summed E-state index contributed by atoms with van der Waals surface area (Å²) in [4.78, 5) is 40.0. The molecule has 7 heteroatoms. The van der Waals surface area contributed by atoms with Gasteiger partial charge in [0.15, 0.2) is 0 Å². The number of benzene rings is 2. The first-order chi connectivity index (χ1) is 20.3. The van der Waals surface area contributed by atoms with E-state index in [-0.39, 0.29) is 42.8 Å². The lowest BCUT2D eigenvalue weighted by molar-refractivity contribution is -0.138. The Bertz CT molecular complexity index is 1160. The van der Waals surface area contributed by atoms with Gasteiger partial charge < -0.3 is 19.7 Å². The van der Waals surface area contributed by atoms with Crippen LogP contribution in [0.2, 0.25) is 0 Å². The van der Waals surface area contributed by atoms with Crippen LogP contribution in [0.1, 0.15) is 86.3 Å². The van der Waals surface area contributed by atoms with E-state index in [1.165, 1.54) is 6.42 Å². The highest BCUT2D eigenvalue weighted by molar-refractivity contribution is 5.89. The van der Waals surface area contributed by atoms with E-state index < -0.39 is 11.4 Å². The molecule has 0 heterocycles. The number of nitrogens with one attached hydrogen (secondary N) is 1. The summed E-state index contributed by atoms with van der Waals surface area (Å²) in [7, 11) is 1.69. The molecule has 7 nitrogen and oxygen atoms in total. The largest absolute Gasteiger partial charge is 0.489 e. The Hall–Kier alpha value is -3.61. The molecule has 2 atom stereocenters. The second-order valence-electron chi connectivity index (χ2n) is 11.7. The molecule has 0 radical (unpaired) electrons. The number of esters is 1. The van der Waals surface area contributed by atoms with Gasteiger partial charge in [0.2, 0.25) is 11.8 Å². The summed E-state index contributed by atoms with van der Waals surface area (Å²) in [5, 5.41) is 2.86. The van der Waals surface area contributed by atoms with Crippen molar-refractivity contribution in [2.24, 2.45) is 11.8 Å². The topological polar surface area (TPSA) is 84.9 Å². The van der Waals surface area contributed by atoms with Crippen LogP contribution in [0, 0.1) is 11.8 Å². The number of amides is 2. The number of hydrogen-bond acceptors (Lipinski definition) is 5. The number of rotatable bonds is 14. The van der Waals surface area contributed by atoms with Crippen molar-refractivity contribution in [1.29, 1.82) is 0 Å². The van der Waals surface area contributed by atoms with Crippen LogP contribution in [0.25, 0.3) is 0 Å². The number of hydrogen-bond donors (Lipinski definition) is 1. The van der Waals surface area contributed by atoms with Crippen LogP contribution in [0.4, 0.5) is 0 Å². The van der Waals surface area contributed by atoms with Crippen molar-refractivity contribution in [1.82, 2.24) is 10.2 Å². The quantitative estimate of drug-likeness (QED) is 0.186. The van der Waals surface area contributed by atoms with Crippen LogP contribution in [-0.2, 0) is 31.1 Å². The summed E-state index contributed by atoms with van der Waals surface area (Å²) in [5.74, 6) is -0.303. The monoisotopic (exact) mass is 594 g/mol. The van der Waals surface area contributed by atoms with Crippen LogP contribution >= 0.6 is 0 Å². The Morgan fingerprint density at radius 3 is 2.05 bits per heavy atom. The molecule has 0 spiro atoms. The Labute approximate surface area is 260 Å². The Morgan fingerprint density at radius 2 is 1.53 bits per heavy atom. The minimum absolute atomic E-state index is 0.0657. The molecule has 0 unspecified atom stereocenters. The van der Waals surface area contributed by atoms with Gasteiger partial charge in [0.1, 0.15) is 12.4 Å². The molecule has 0 saturated carbocycles. The van der Waals surface area contributed by atoms with Gasteiger partial charge in [-0.15, -0.1) is 0 Å². The molecular weight excluding hydrogens is 540 g/mol. The highest BCUT2D eigenvalue weighted by atomic mass is 16.5. The summed E-state index contributed by atoms with van der Waals surface area (Å²) in [6.45, 7) is 18.4. The van der Waals surface area contributed by atoms with E-state index >= 15 is 0 Å². The second-order valence-corrected chi connectivity index (χ2v) is 11.7. The lowest BCUT2D eigenvalue weighted by Crippen LogP contribution is -2.48. The minimum atomic E-state index is -0.467. The third-order valence-corrected chi connectivity index (χ3v) is 7.40. The standard InChI is InChI=1S/C33H46N2O5.C3H8/c1-9-28(33(6,7)26-16-18-27(19-17-26)40-22-25-14-12-11-13-15-25)31(37)34-21-30(36)35(8)29(23(3)4)20-24(5)32(38)39-10-2;1-3-2/h11-20,23,28-29H,9-10,21-22H2,1-8H3,(H,34,37);3H2,1-2H3/b24-20+;/t28-,29-;/m1./s1. The molecule has 1 N–H and O–H groups in total. The zero-order valence-corrected chi connectivity index (χ0v) is 28.0. The molecular formula is C36H54N2O5. The molecule has 2 amide bonds. The van der Waals surface area contributed by atoms with Crippen molar-refractivity contribution >= 4 is 17.8 Å². The van der Waals surface area contributed by atoms with Crippen LogP contribution < -0.4 is 10.1 Å². The third kappa shape index (κ3) is 11.9. The average molecular weight is 595 g/mol. The molecule has 0 aliphatic rings. The van der Waals surface area contributed by atoms with Gasteiger partial charge in [-0.3, -0.25) is 9.59 Å².